The van der Waals surface area contributed by atoms with Crippen LogP contribution in [-0.4, -0.2) is 6.54 Å². The van der Waals surface area contributed by atoms with E-state index in [0.717, 1.165) is 12.1 Å². The van der Waals surface area contributed by atoms with E-state index in [9.17, 15) is 17.6 Å². The Morgan fingerprint density at radius 1 is 0.952 bits per heavy atom. The van der Waals surface area contributed by atoms with E-state index in [2.05, 4.69) is 5.32 Å². The molecule has 2 rings (SSSR count). The summed E-state index contributed by atoms with van der Waals surface area (Å²) >= 11 is 0. The number of rotatable bonds is 5. The highest BCUT2D eigenvalue weighted by molar-refractivity contribution is 5.25. The van der Waals surface area contributed by atoms with E-state index in [-0.39, 0.29) is 5.82 Å². The monoisotopic (exact) mass is 297 g/mol. The molecule has 0 heterocycles. The molecule has 0 spiro atoms. The summed E-state index contributed by atoms with van der Waals surface area (Å²) in [5.74, 6) is -0.265. The highest BCUT2D eigenvalue weighted by atomic mass is 19.4. The standard InChI is InChI=1S/C16H15F4N/c17-15-7-2-1-5-13(15)8-9-21-11-12-4-3-6-14(10-12)16(18,19)20/h1-7,10,21H,8-9,11H2. The molecule has 21 heavy (non-hydrogen) atoms. The molecule has 1 nitrogen and oxygen atoms in total. The predicted octanol–water partition coefficient (Wildman–Crippen LogP) is 4.18. The third-order valence-corrected chi connectivity index (χ3v) is 3.11. The number of benzene rings is 2. The maximum absolute atomic E-state index is 13.4. The summed E-state index contributed by atoms with van der Waals surface area (Å²) in [6.45, 7) is 0.815. The minimum Gasteiger partial charge on any atom is -0.312 e. The summed E-state index contributed by atoms with van der Waals surface area (Å²) in [5.41, 5.74) is 0.489. The first-order valence-corrected chi connectivity index (χ1v) is 6.57. The number of hydrogen-bond acceptors (Lipinski definition) is 1. The van der Waals surface area contributed by atoms with E-state index in [4.69, 9.17) is 0 Å². The number of hydrogen-bond donors (Lipinski definition) is 1. The van der Waals surface area contributed by atoms with Gasteiger partial charge < -0.3 is 5.32 Å². The molecule has 0 aliphatic heterocycles. The first kappa shape index (κ1) is 15.5. The van der Waals surface area contributed by atoms with E-state index in [0.29, 0.717) is 30.6 Å². The Morgan fingerprint density at radius 3 is 2.43 bits per heavy atom. The Kier molecular flexibility index (Phi) is 4.96. The highest BCUT2D eigenvalue weighted by Crippen LogP contribution is 2.29. The van der Waals surface area contributed by atoms with Crippen LogP contribution >= 0.6 is 0 Å². The molecule has 0 aliphatic carbocycles. The van der Waals surface area contributed by atoms with Crippen molar-refractivity contribution in [3.63, 3.8) is 0 Å². The Bertz CT molecular complexity index is 593. The van der Waals surface area contributed by atoms with Crippen molar-refractivity contribution in [2.24, 2.45) is 0 Å². The Labute approximate surface area is 120 Å². The van der Waals surface area contributed by atoms with Crippen molar-refractivity contribution < 1.29 is 17.6 Å². The average Bonchev–Trinajstić information content (AvgIpc) is 2.45. The van der Waals surface area contributed by atoms with Gasteiger partial charge in [0.05, 0.1) is 5.56 Å². The summed E-state index contributed by atoms with van der Waals surface area (Å²) in [5, 5.41) is 3.02. The molecule has 0 saturated carbocycles. The van der Waals surface area contributed by atoms with Crippen LogP contribution in [-0.2, 0) is 19.1 Å². The van der Waals surface area contributed by atoms with Crippen LogP contribution in [0.25, 0.3) is 0 Å². The Balaban J connectivity index is 1.85. The van der Waals surface area contributed by atoms with Gasteiger partial charge in [0, 0.05) is 6.54 Å². The van der Waals surface area contributed by atoms with E-state index >= 15 is 0 Å². The zero-order chi connectivity index (χ0) is 15.3. The summed E-state index contributed by atoms with van der Waals surface area (Å²) in [6.07, 6.45) is -3.84. The van der Waals surface area contributed by atoms with Gasteiger partial charge in [0.1, 0.15) is 5.82 Å². The summed E-state index contributed by atoms with van der Waals surface area (Å²) in [7, 11) is 0. The average molecular weight is 297 g/mol. The van der Waals surface area contributed by atoms with Gasteiger partial charge >= 0.3 is 6.18 Å². The molecular weight excluding hydrogens is 282 g/mol. The zero-order valence-electron chi connectivity index (χ0n) is 11.3. The van der Waals surface area contributed by atoms with Crippen LogP contribution in [0, 0.1) is 5.82 Å². The van der Waals surface area contributed by atoms with Crippen LogP contribution in [0.3, 0.4) is 0 Å². The molecule has 0 unspecified atom stereocenters. The molecule has 1 N–H and O–H groups in total. The minimum atomic E-state index is -4.33. The Hall–Kier alpha value is -1.88. The lowest BCUT2D eigenvalue weighted by molar-refractivity contribution is -0.137. The quantitative estimate of drug-likeness (QED) is 0.645. The number of halogens is 4. The van der Waals surface area contributed by atoms with Crippen molar-refractivity contribution in [1.82, 2.24) is 5.32 Å². The molecule has 0 atom stereocenters. The topological polar surface area (TPSA) is 12.0 Å². The molecule has 0 aromatic heterocycles. The van der Waals surface area contributed by atoms with Gasteiger partial charge in [0.25, 0.3) is 0 Å². The van der Waals surface area contributed by atoms with Gasteiger partial charge in [-0.1, -0.05) is 36.4 Å². The molecule has 0 fully saturated rings. The van der Waals surface area contributed by atoms with Crippen LogP contribution in [0.4, 0.5) is 17.6 Å². The predicted molar refractivity (Wildman–Crippen MR) is 73.3 cm³/mol. The largest absolute Gasteiger partial charge is 0.416 e. The van der Waals surface area contributed by atoms with E-state index in [1.807, 2.05) is 0 Å². The van der Waals surface area contributed by atoms with Crippen molar-refractivity contribution >= 4 is 0 Å². The van der Waals surface area contributed by atoms with E-state index in [1.165, 1.54) is 12.1 Å². The zero-order valence-corrected chi connectivity index (χ0v) is 11.3. The SMILES string of the molecule is Fc1ccccc1CCNCc1cccc(C(F)(F)F)c1. The third kappa shape index (κ3) is 4.56. The third-order valence-electron chi connectivity index (χ3n) is 3.11. The maximum atomic E-state index is 13.4. The van der Waals surface area contributed by atoms with Crippen molar-refractivity contribution in [2.45, 2.75) is 19.1 Å². The molecule has 112 valence electrons. The minimum absolute atomic E-state index is 0.265. The smallest absolute Gasteiger partial charge is 0.312 e. The lowest BCUT2D eigenvalue weighted by atomic mass is 10.1. The van der Waals surface area contributed by atoms with Crippen LogP contribution in [0.1, 0.15) is 16.7 Å². The lowest BCUT2D eigenvalue weighted by Crippen LogP contribution is -2.17. The lowest BCUT2D eigenvalue weighted by Gasteiger charge is -2.09. The number of nitrogens with one attached hydrogen (secondary N) is 1. The summed E-state index contributed by atoms with van der Waals surface area (Å²) in [4.78, 5) is 0. The van der Waals surface area contributed by atoms with Crippen LogP contribution < -0.4 is 5.32 Å². The molecule has 0 amide bonds. The second kappa shape index (κ2) is 6.72. The highest BCUT2D eigenvalue weighted by Gasteiger charge is 2.30. The van der Waals surface area contributed by atoms with Gasteiger partial charge in [-0.15, -0.1) is 0 Å². The van der Waals surface area contributed by atoms with Gasteiger partial charge in [0.15, 0.2) is 0 Å². The fraction of sp³-hybridized carbons (Fsp3) is 0.250. The van der Waals surface area contributed by atoms with Crippen molar-refractivity contribution in [3.8, 4) is 0 Å². The molecule has 2 aromatic carbocycles. The van der Waals surface area contributed by atoms with Gasteiger partial charge in [-0.25, -0.2) is 4.39 Å². The van der Waals surface area contributed by atoms with Crippen molar-refractivity contribution in [2.75, 3.05) is 6.54 Å². The second-order valence-corrected chi connectivity index (χ2v) is 4.72. The molecule has 0 aliphatic rings. The van der Waals surface area contributed by atoms with Gasteiger partial charge in [-0.3, -0.25) is 0 Å². The van der Waals surface area contributed by atoms with Gasteiger partial charge in [-0.2, -0.15) is 13.2 Å². The second-order valence-electron chi connectivity index (χ2n) is 4.72. The van der Waals surface area contributed by atoms with Gasteiger partial charge in [0.2, 0.25) is 0 Å². The first-order valence-electron chi connectivity index (χ1n) is 6.57. The molecule has 2 aromatic rings. The fourth-order valence-electron chi connectivity index (χ4n) is 2.01. The molecular formula is C16H15F4N. The maximum Gasteiger partial charge on any atom is 0.416 e. The van der Waals surface area contributed by atoms with Crippen molar-refractivity contribution in [3.05, 3.63) is 71.0 Å². The van der Waals surface area contributed by atoms with E-state index in [1.54, 1.807) is 24.3 Å². The first-order chi connectivity index (χ1) is 9.97. The van der Waals surface area contributed by atoms with E-state index < -0.39 is 11.7 Å². The summed E-state index contributed by atoms with van der Waals surface area (Å²) in [6, 6.07) is 11.6. The molecule has 5 heteroatoms. The van der Waals surface area contributed by atoms with Crippen LogP contribution in [0.2, 0.25) is 0 Å². The molecule has 0 bridgehead atoms. The summed E-state index contributed by atoms with van der Waals surface area (Å²) < 4.78 is 51.1. The van der Waals surface area contributed by atoms with Crippen LogP contribution in [0.15, 0.2) is 48.5 Å². The molecule has 0 radical (unpaired) electrons. The van der Waals surface area contributed by atoms with Gasteiger partial charge in [-0.05, 0) is 36.2 Å². The molecule has 0 saturated heterocycles. The number of alkyl halides is 3. The van der Waals surface area contributed by atoms with Crippen LogP contribution in [0.5, 0.6) is 0 Å². The Morgan fingerprint density at radius 2 is 1.71 bits per heavy atom. The van der Waals surface area contributed by atoms with Crippen molar-refractivity contribution in [1.29, 1.82) is 0 Å². The normalized spacial score (nSPS) is 11.6. The fourth-order valence-corrected chi connectivity index (χ4v) is 2.01.